The number of halogens is 1. The van der Waals surface area contributed by atoms with Crippen LogP contribution in [0.3, 0.4) is 0 Å². The minimum Gasteiger partial charge on any atom is -0.493 e. The van der Waals surface area contributed by atoms with Crippen LogP contribution in [-0.4, -0.2) is 31.0 Å². The highest BCUT2D eigenvalue weighted by Gasteiger charge is 2.12. The van der Waals surface area contributed by atoms with Crippen LogP contribution < -0.4 is 25.6 Å². The molecule has 3 aromatic carbocycles. The first-order valence-corrected chi connectivity index (χ1v) is 11.5. The van der Waals surface area contributed by atoms with Crippen LogP contribution in [0.25, 0.3) is 10.9 Å². The fraction of sp³-hybridized carbons (Fsp3) is 0.115. The maximum absolute atomic E-state index is 12.5. The van der Waals surface area contributed by atoms with Crippen LogP contribution in [0.15, 0.2) is 77.4 Å². The molecule has 0 bridgehead atoms. The van der Waals surface area contributed by atoms with Gasteiger partial charge in [0.1, 0.15) is 0 Å². The predicted molar refractivity (Wildman–Crippen MR) is 138 cm³/mol. The van der Waals surface area contributed by atoms with Crippen molar-refractivity contribution >= 4 is 50.0 Å². The molecule has 0 unspecified atom stereocenters. The maximum Gasteiger partial charge on any atom is 0.269 e. The lowest BCUT2D eigenvalue weighted by molar-refractivity contribution is -0.121. The molecule has 3 N–H and O–H groups in total. The molecular weight excluding hydrogens is 512 g/mol. The summed E-state index contributed by atoms with van der Waals surface area (Å²) in [6.07, 6.45) is 1.84. The lowest BCUT2D eigenvalue weighted by Gasteiger charge is -2.13. The van der Waals surface area contributed by atoms with E-state index in [9.17, 15) is 9.59 Å². The van der Waals surface area contributed by atoms with Crippen LogP contribution in [-0.2, 0) is 11.2 Å². The van der Waals surface area contributed by atoms with Crippen LogP contribution in [0.4, 0.5) is 11.4 Å². The molecule has 9 heteroatoms. The van der Waals surface area contributed by atoms with Crippen molar-refractivity contribution in [3.63, 3.8) is 0 Å². The van der Waals surface area contributed by atoms with Gasteiger partial charge < -0.3 is 14.8 Å². The highest BCUT2D eigenvalue weighted by atomic mass is 79.9. The number of ether oxygens (including phenoxy) is 2. The second-order valence-electron chi connectivity index (χ2n) is 7.56. The van der Waals surface area contributed by atoms with Crippen LogP contribution in [0.5, 0.6) is 11.5 Å². The average molecular weight is 535 g/mol. The Morgan fingerprint density at radius 1 is 0.914 bits per heavy atom. The molecule has 0 atom stereocenters. The Bertz CT molecular complexity index is 1380. The first-order valence-electron chi connectivity index (χ1n) is 10.7. The third-order valence-electron chi connectivity index (χ3n) is 5.30. The number of nitrogens with one attached hydrogen (secondary N) is 3. The largest absolute Gasteiger partial charge is 0.493 e. The topological polar surface area (TPSA) is 102 Å². The summed E-state index contributed by atoms with van der Waals surface area (Å²) in [7, 11) is 3.16. The quantitative estimate of drug-likeness (QED) is 0.295. The van der Waals surface area contributed by atoms with E-state index in [2.05, 4.69) is 37.1 Å². The fourth-order valence-corrected chi connectivity index (χ4v) is 3.92. The number of anilines is 2. The summed E-state index contributed by atoms with van der Waals surface area (Å²) in [5, 5.41) is 4.20. The maximum atomic E-state index is 12.5. The number of amides is 2. The van der Waals surface area contributed by atoms with Crippen molar-refractivity contribution in [1.82, 2.24) is 15.8 Å². The van der Waals surface area contributed by atoms with Crippen molar-refractivity contribution in [3.8, 4) is 11.5 Å². The third-order valence-corrected chi connectivity index (χ3v) is 6.07. The monoisotopic (exact) mass is 534 g/mol. The molecular formula is C26H23BrN4O4. The number of aromatic nitrogens is 1. The Balaban J connectivity index is 1.41. The number of hydrogen-bond acceptors (Lipinski definition) is 6. The number of benzene rings is 3. The highest BCUT2D eigenvalue weighted by molar-refractivity contribution is 9.10. The molecule has 178 valence electrons. The Kier molecular flexibility index (Phi) is 7.47. The summed E-state index contributed by atoms with van der Waals surface area (Å²) in [5.41, 5.74) is 8.49. The Labute approximate surface area is 210 Å². The van der Waals surface area contributed by atoms with Crippen molar-refractivity contribution in [1.29, 1.82) is 0 Å². The van der Waals surface area contributed by atoms with E-state index in [1.165, 1.54) is 0 Å². The summed E-state index contributed by atoms with van der Waals surface area (Å²) in [6.45, 7) is 0. The van der Waals surface area contributed by atoms with Gasteiger partial charge in [-0.2, -0.15) is 0 Å². The van der Waals surface area contributed by atoms with E-state index in [0.29, 0.717) is 17.1 Å². The summed E-state index contributed by atoms with van der Waals surface area (Å²) in [4.78, 5) is 29.0. The van der Waals surface area contributed by atoms with E-state index >= 15 is 0 Å². The number of pyridine rings is 1. The molecule has 1 heterocycles. The van der Waals surface area contributed by atoms with Crippen molar-refractivity contribution in [2.24, 2.45) is 0 Å². The second kappa shape index (κ2) is 10.9. The molecule has 0 aliphatic carbocycles. The van der Waals surface area contributed by atoms with Gasteiger partial charge in [0.05, 0.1) is 26.2 Å². The Hall–Kier alpha value is -4.11. The van der Waals surface area contributed by atoms with Crippen molar-refractivity contribution in [3.05, 3.63) is 88.5 Å². The first kappa shape index (κ1) is 24.0. The molecule has 0 radical (unpaired) electrons. The zero-order chi connectivity index (χ0) is 24.8. The van der Waals surface area contributed by atoms with E-state index in [1.807, 2.05) is 42.5 Å². The lowest BCUT2D eigenvalue weighted by Crippen LogP contribution is -2.42. The van der Waals surface area contributed by atoms with Crippen LogP contribution in [0.2, 0.25) is 0 Å². The molecule has 0 spiro atoms. The van der Waals surface area contributed by atoms with Crippen LogP contribution in [0, 0.1) is 0 Å². The van der Waals surface area contributed by atoms with Crippen molar-refractivity contribution in [2.45, 2.75) is 6.42 Å². The number of carbonyl (C=O) groups excluding carboxylic acids is 2. The molecule has 0 fully saturated rings. The Morgan fingerprint density at radius 2 is 1.63 bits per heavy atom. The number of fused-ring (bicyclic) bond motifs is 1. The number of hydrogen-bond donors (Lipinski definition) is 3. The van der Waals surface area contributed by atoms with E-state index in [-0.39, 0.29) is 12.3 Å². The van der Waals surface area contributed by atoms with Gasteiger partial charge >= 0.3 is 0 Å². The number of rotatable bonds is 7. The number of nitrogens with zero attached hydrogens (tertiary/aromatic N) is 1. The second-order valence-corrected chi connectivity index (χ2v) is 8.41. The minimum atomic E-state index is -0.414. The van der Waals surface area contributed by atoms with Gasteiger partial charge in [-0.05, 0) is 48.0 Å². The standard InChI is InChI=1S/C26H23BrN4O4/c1-34-23-14-19-21(11-12-28-22(19)15-24(23)35-2)29-18-9-7-16(8-10-18)26(33)31-30-25(32)13-17-5-3-4-6-20(17)27/h3-12,14-15H,13H2,1-2H3,(H,28,29)(H,30,32)(H,31,33). The number of methoxy groups -OCH3 is 2. The van der Waals surface area contributed by atoms with Gasteiger partial charge in [-0.15, -0.1) is 0 Å². The molecule has 0 saturated carbocycles. The normalized spacial score (nSPS) is 10.5. The Morgan fingerprint density at radius 3 is 2.34 bits per heavy atom. The van der Waals surface area contributed by atoms with Gasteiger partial charge in [0, 0.05) is 39.1 Å². The van der Waals surface area contributed by atoms with Gasteiger partial charge in [-0.3, -0.25) is 25.4 Å². The zero-order valence-corrected chi connectivity index (χ0v) is 20.7. The molecule has 2 amide bonds. The van der Waals surface area contributed by atoms with Crippen LogP contribution in [0.1, 0.15) is 15.9 Å². The zero-order valence-electron chi connectivity index (χ0n) is 19.1. The van der Waals surface area contributed by atoms with E-state index in [1.54, 1.807) is 44.7 Å². The van der Waals surface area contributed by atoms with Gasteiger partial charge in [0.15, 0.2) is 11.5 Å². The van der Waals surface area contributed by atoms with E-state index < -0.39 is 5.91 Å². The highest BCUT2D eigenvalue weighted by Crippen LogP contribution is 2.35. The summed E-state index contributed by atoms with van der Waals surface area (Å²) in [6, 6.07) is 19.9. The lowest BCUT2D eigenvalue weighted by atomic mass is 10.1. The summed E-state index contributed by atoms with van der Waals surface area (Å²) >= 11 is 3.41. The summed E-state index contributed by atoms with van der Waals surface area (Å²) < 4.78 is 11.6. The van der Waals surface area contributed by atoms with Crippen molar-refractivity contribution in [2.75, 3.05) is 19.5 Å². The van der Waals surface area contributed by atoms with Gasteiger partial charge in [0.2, 0.25) is 5.91 Å². The van der Waals surface area contributed by atoms with Gasteiger partial charge in [-0.25, -0.2) is 0 Å². The molecule has 0 aliphatic heterocycles. The molecule has 1 aromatic heterocycles. The third kappa shape index (κ3) is 5.70. The number of carbonyl (C=O) groups is 2. The van der Waals surface area contributed by atoms with E-state index in [4.69, 9.17) is 9.47 Å². The SMILES string of the molecule is COc1cc2nccc(Nc3ccc(C(=O)NNC(=O)Cc4ccccc4Br)cc3)c2cc1OC. The molecule has 35 heavy (non-hydrogen) atoms. The minimum absolute atomic E-state index is 0.140. The average Bonchev–Trinajstić information content (AvgIpc) is 2.88. The van der Waals surface area contributed by atoms with Gasteiger partial charge in [0.25, 0.3) is 5.91 Å². The number of hydrazine groups is 1. The molecule has 0 aliphatic rings. The van der Waals surface area contributed by atoms with Crippen molar-refractivity contribution < 1.29 is 19.1 Å². The molecule has 4 aromatic rings. The molecule has 0 saturated heterocycles. The smallest absolute Gasteiger partial charge is 0.269 e. The molecule has 4 rings (SSSR count). The van der Waals surface area contributed by atoms with E-state index in [0.717, 1.165) is 32.3 Å². The first-order chi connectivity index (χ1) is 17.0. The fourth-order valence-electron chi connectivity index (χ4n) is 3.50. The van der Waals surface area contributed by atoms with Gasteiger partial charge in [-0.1, -0.05) is 34.1 Å². The van der Waals surface area contributed by atoms with Crippen LogP contribution >= 0.6 is 15.9 Å². The predicted octanol–water partition coefficient (Wildman–Crippen LogP) is 4.76. The molecule has 8 nitrogen and oxygen atoms in total. The summed E-state index contributed by atoms with van der Waals surface area (Å²) in [5.74, 6) is 0.469.